The van der Waals surface area contributed by atoms with E-state index < -0.39 is 29.9 Å². The van der Waals surface area contributed by atoms with Crippen molar-refractivity contribution < 1.29 is 19.1 Å². The molecule has 0 radical (unpaired) electrons. The first-order valence-electron chi connectivity index (χ1n) is 7.95. The van der Waals surface area contributed by atoms with Crippen molar-refractivity contribution in [2.24, 2.45) is 5.92 Å². The first-order chi connectivity index (χ1) is 11.9. The van der Waals surface area contributed by atoms with Gasteiger partial charge in [-0.1, -0.05) is 37.3 Å². The Morgan fingerprint density at radius 1 is 1.20 bits per heavy atom. The minimum atomic E-state index is -0.954. The molecule has 0 spiro atoms. The summed E-state index contributed by atoms with van der Waals surface area (Å²) in [5.41, 5.74) is 0.871. The highest BCUT2D eigenvalue weighted by Crippen LogP contribution is 2.11. The highest BCUT2D eigenvalue weighted by molar-refractivity contribution is 5.90. The number of rotatable bonds is 8. The van der Waals surface area contributed by atoms with Gasteiger partial charge in [0.1, 0.15) is 12.1 Å². The van der Waals surface area contributed by atoms with Crippen LogP contribution in [0.3, 0.4) is 0 Å². The van der Waals surface area contributed by atoms with Crippen LogP contribution in [0.4, 0.5) is 0 Å². The third kappa shape index (κ3) is 6.63. The number of carbonyl (C=O) groups excluding carboxylic acids is 3. The molecule has 0 aliphatic carbocycles. The molecule has 0 bridgehead atoms. The van der Waals surface area contributed by atoms with E-state index >= 15 is 0 Å². The molecule has 1 rings (SSSR count). The maximum atomic E-state index is 12.6. The SMILES string of the molecule is COC(=O)[C@H](NC(=O)[C@H](Cc1ccccc1)NC(C)=O)[C@H](C)CC#N. The molecule has 0 saturated heterocycles. The fraction of sp³-hybridized carbons (Fsp3) is 0.444. The minimum Gasteiger partial charge on any atom is -0.467 e. The zero-order chi connectivity index (χ0) is 18.8. The van der Waals surface area contributed by atoms with Crippen molar-refractivity contribution in [3.05, 3.63) is 35.9 Å². The molecule has 0 fully saturated rings. The van der Waals surface area contributed by atoms with E-state index in [1.54, 1.807) is 6.92 Å². The summed E-state index contributed by atoms with van der Waals surface area (Å²) >= 11 is 0. The summed E-state index contributed by atoms with van der Waals surface area (Å²) in [6.45, 7) is 3.00. The summed E-state index contributed by atoms with van der Waals surface area (Å²) in [7, 11) is 1.22. The fourth-order valence-electron chi connectivity index (χ4n) is 2.38. The van der Waals surface area contributed by atoms with Crippen molar-refractivity contribution in [1.29, 1.82) is 5.26 Å². The van der Waals surface area contributed by atoms with E-state index in [0.717, 1.165) is 5.56 Å². The molecule has 0 aromatic heterocycles. The Balaban J connectivity index is 2.92. The van der Waals surface area contributed by atoms with Gasteiger partial charge in [0.15, 0.2) is 0 Å². The van der Waals surface area contributed by atoms with Crippen LogP contribution in [0.25, 0.3) is 0 Å². The first kappa shape index (κ1) is 20.2. The lowest BCUT2D eigenvalue weighted by Gasteiger charge is -2.24. The maximum Gasteiger partial charge on any atom is 0.328 e. The molecular formula is C18H23N3O4. The van der Waals surface area contributed by atoms with E-state index in [4.69, 9.17) is 10.00 Å². The number of carbonyl (C=O) groups is 3. The molecule has 2 amide bonds. The van der Waals surface area contributed by atoms with Crippen LogP contribution in [0.2, 0.25) is 0 Å². The van der Waals surface area contributed by atoms with E-state index in [0.29, 0.717) is 0 Å². The normalized spacial score (nSPS) is 13.7. The van der Waals surface area contributed by atoms with Gasteiger partial charge in [0.25, 0.3) is 0 Å². The molecule has 0 heterocycles. The van der Waals surface area contributed by atoms with Crippen molar-refractivity contribution in [2.45, 2.75) is 38.8 Å². The van der Waals surface area contributed by atoms with Crippen LogP contribution in [0, 0.1) is 17.2 Å². The smallest absolute Gasteiger partial charge is 0.328 e. The number of methoxy groups -OCH3 is 1. The van der Waals surface area contributed by atoms with Crippen LogP contribution < -0.4 is 10.6 Å². The van der Waals surface area contributed by atoms with E-state index in [2.05, 4.69) is 10.6 Å². The predicted molar refractivity (Wildman–Crippen MR) is 91.1 cm³/mol. The molecular weight excluding hydrogens is 322 g/mol. The number of nitriles is 1. The van der Waals surface area contributed by atoms with Gasteiger partial charge < -0.3 is 15.4 Å². The lowest BCUT2D eigenvalue weighted by Crippen LogP contribution is -2.54. The number of nitrogens with one attached hydrogen (secondary N) is 2. The van der Waals surface area contributed by atoms with Crippen LogP contribution in [0.15, 0.2) is 30.3 Å². The van der Waals surface area contributed by atoms with Gasteiger partial charge in [0.05, 0.1) is 13.2 Å². The molecule has 0 saturated carbocycles. The maximum absolute atomic E-state index is 12.6. The Labute approximate surface area is 147 Å². The van der Waals surface area contributed by atoms with Gasteiger partial charge in [-0.2, -0.15) is 5.26 Å². The van der Waals surface area contributed by atoms with Crippen molar-refractivity contribution in [3.8, 4) is 6.07 Å². The number of hydrogen-bond donors (Lipinski definition) is 2. The van der Waals surface area contributed by atoms with Crippen molar-refractivity contribution in [3.63, 3.8) is 0 Å². The second kappa shape index (κ2) is 10.1. The van der Waals surface area contributed by atoms with Crippen LogP contribution >= 0.6 is 0 Å². The molecule has 7 heteroatoms. The summed E-state index contributed by atoms with van der Waals surface area (Å²) < 4.78 is 4.71. The molecule has 25 heavy (non-hydrogen) atoms. The van der Waals surface area contributed by atoms with Gasteiger partial charge in [-0.05, 0) is 5.56 Å². The zero-order valence-corrected chi connectivity index (χ0v) is 14.6. The molecule has 134 valence electrons. The van der Waals surface area contributed by atoms with Gasteiger partial charge in [-0.3, -0.25) is 9.59 Å². The number of hydrogen-bond acceptors (Lipinski definition) is 5. The molecule has 2 N–H and O–H groups in total. The Morgan fingerprint density at radius 3 is 2.36 bits per heavy atom. The highest BCUT2D eigenvalue weighted by Gasteiger charge is 2.30. The van der Waals surface area contributed by atoms with Gasteiger partial charge in [-0.25, -0.2) is 4.79 Å². The van der Waals surface area contributed by atoms with E-state index in [1.165, 1.54) is 14.0 Å². The van der Waals surface area contributed by atoms with Crippen molar-refractivity contribution >= 4 is 17.8 Å². The number of ether oxygens (including phenoxy) is 1. The summed E-state index contributed by atoms with van der Waals surface area (Å²) in [5.74, 6) is -1.90. The van der Waals surface area contributed by atoms with E-state index in [9.17, 15) is 14.4 Å². The third-order valence-electron chi connectivity index (χ3n) is 3.71. The van der Waals surface area contributed by atoms with Gasteiger partial charge >= 0.3 is 5.97 Å². The molecule has 3 atom stereocenters. The Kier molecular flexibility index (Phi) is 8.13. The van der Waals surface area contributed by atoms with Gasteiger partial charge in [0, 0.05) is 25.7 Å². The Morgan fingerprint density at radius 2 is 1.84 bits per heavy atom. The average Bonchev–Trinajstić information content (AvgIpc) is 2.58. The van der Waals surface area contributed by atoms with Crippen molar-refractivity contribution in [2.75, 3.05) is 7.11 Å². The molecule has 0 unspecified atom stereocenters. The standard InChI is InChI=1S/C18H23N3O4/c1-12(9-10-19)16(18(24)25-3)21-17(23)15(20-13(2)22)11-14-7-5-4-6-8-14/h4-8,12,15-16H,9,11H2,1-3H3,(H,20,22)(H,21,23)/t12-,15+,16-/m1/s1. The minimum absolute atomic E-state index is 0.0868. The average molecular weight is 345 g/mol. The zero-order valence-electron chi connectivity index (χ0n) is 14.6. The lowest BCUT2D eigenvalue weighted by molar-refractivity contribution is -0.146. The second-order valence-electron chi connectivity index (χ2n) is 5.79. The van der Waals surface area contributed by atoms with Crippen LogP contribution in [0.1, 0.15) is 25.8 Å². The summed E-state index contributed by atoms with van der Waals surface area (Å²) in [5, 5.41) is 14.0. The fourth-order valence-corrected chi connectivity index (χ4v) is 2.38. The summed E-state index contributed by atoms with van der Waals surface area (Å²) in [6.07, 6.45) is 0.371. The summed E-state index contributed by atoms with van der Waals surface area (Å²) in [6, 6.07) is 9.41. The monoisotopic (exact) mass is 345 g/mol. The highest BCUT2D eigenvalue weighted by atomic mass is 16.5. The number of amides is 2. The molecule has 0 aliphatic heterocycles. The quantitative estimate of drug-likeness (QED) is 0.682. The largest absolute Gasteiger partial charge is 0.467 e. The Bertz CT molecular complexity index is 639. The lowest BCUT2D eigenvalue weighted by atomic mass is 9.97. The predicted octanol–water partition coefficient (Wildman–Crippen LogP) is 0.941. The van der Waals surface area contributed by atoms with Crippen LogP contribution in [-0.4, -0.2) is 37.0 Å². The van der Waals surface area contributed by atoms with Crippen molar-refractivity contribution in [1.82, 2.24) is 10.6 Å². The number of nitrogens with zero attached hydrogens (tertiary/aromatic N) is 1. The topological polar surface area (TPSA) is 108 Å². The number of esters is 1. The van der Waals surface area contributed by atoms with Crippen LogP contribution in [0.5, 0.6) is 0 Å². The van der Waals surface area contributed by atoms with Gasteiger partial charge in [-0.15, -0.1) is 0 Å². The molecule has 1 aromatic carbocycles. The molecule has 1 aromatic rings. The Hall–Kier alpha value is -2.88. The first-order valence-corrected chi connectivity index (χ1v) is 7.95. The van der Waals surface area contributed by atoms with E-state index in [-0.39, 0.29) is 18.7 Å². The van der Waals surface area contributed by atoms with E-state index in [1.807, 2.05) is 36.4 Å². The van der Waals surface area contributed by atoms with Gasteiger partial charge in [0.2, 0.25) is 11.8 Å². The third-order valence-corrected chi connectivity index (χ3v) is 3.71. The summed E-state index contributed by atoms with van der Waals surface area (Å²) in [4.78, 5) is 36.0. The molecule has 0 aliphatic rings. The van der Waals surface area contributed by atoms with Crippen LogP contribution in [-0.2, 0) is 25.5 Å². The second-order valence-corrected chi connectivity index (χ2v) is 5.79. The molecule has 7 nitrogen and oxygen atoms in total. The number of benzene rings is 1.